The van der Waals surface area contributed by atoms with Gasteiger partial charge in [0.1, 0.15) is 0 Å². The zero-order valence-electron chi connectivity index (χ0n) is 11.6. The molecule has 0 aliphatic carbocycles. The van der Waals surface area contributed by atoms with E-state index in [4.69, 9.17) is 5.73 Å². The Kier molecular flexibility index (Phi) is 3.17. The summed E-state index contributed by atoms with van der Waals surface area (Å²) in [7, 11) is 0. The van der Waals surface area contributed by atoms with E-state index in [0.717, 1.165) is 31.4 Å². The van der Waals surface area contributed by atoms with E-state index >= 15 is 0 Å². The highest BCUT2D eigenvalue weighted by atomic mass is 16.2. The molecule has 0 spiro atoms. The Morgan fingerprint density at radius 3 is 2.85 bits per heavy atom. The van der Waals surface area contributed by atoms with Crippen LogP contribution in [0.1, 0.15) is 30.1 Å². The lowest BCUT2D eigenvalue weighted by Crippen LogP contribution is -2.44. The number of amides is 1. The molecular formula is C14H19N5O. The minimum Gasteiger partial charge on any atom is -0.338 e. The van der Waals surface area contributed by atoms with Crippen LogP contribution in [-0.2, 0) is 0 Å². The van der Waals surface area contributed by atoms with Crippen molar-refractivity contribution in [2.24, 2.45) is 11.1 Å². The molecule has 0 radical (unpaired) electrons. The summed E-state index contributed by atoms with van der Waals surface area (Å²) >= 11 is 0. The fraction of sp³-hybridized carbons (Fsp3) is 0.500. The van der Waals surface area contributed by atoms with Gasteiger partial charge >= 0.3 is 0 Å². The highest BCUT2D eigenvalue weighted by molar-refractivity contribution is 6.00. The number of hydrogen-bond acceptors (Lipinski definition) is 4. The van der Waals surface area contributed by atoms with Crippen molar-refractivity contribution in [3.05, 3.63) is 30.4 Å². The van der Waals surface area contributed by atoms with Crippen LogP contribution in [0.4, 0.5) is 0 Å². The second-order valence-electron chi connectivity index (χ2n) is 5.77. The lowest BCUT2D eigenvalue weighted by Gasteiger charge is -2.38. The van der Waals surface area contributed by atoms with Crippen molar-refractivity contribution >= 4 is 11.4 Å². The summed E-state index contributed by atoms with van der Waals surface area (Å²) < 4.78 is 1.67. The van der Waals surface area contributed by atoms with Gasteiger partial charge in [-0.1, -0.05) is 6.92 Å². The number of hydrogen-bond donors (Lipinski definition) is 1. The summed E-state index contributed by atoms with van der Waals surface area (Å²) in [5.41, 5.74) is 7.34. The SMILES string of the molecule is CC1(CN)CCN(C(=O)c2cnn3ccncc23)CC1. The molecule has 1 aliphatic rings. The van der Waals surface area contributed by atoms with E-state index in [1.54, 1.807) is 29.3 Å². The Bertz CT molecular complexity index is 627. The lowest BCUT2D eigenvalue weighted by atomic mass is 9.80. The van der Waals surface area contributed by atoms with Gasteiger partial charge in [-0.2, -0.15) is 5.10 Å². The largest absolute Gasteiger partial charge is 0.338 e. The predicted molar refractivity (Wildman–Crippen MR) is 75.3 cm³/mol. The number of fused-ring (bicyclic) bond motifs is 1. The van der Waals surface area contributed by atoms with E-state index in [2.05, 4.69) is 17.0 Å². The lowest BCUT2D eigenvalue weighted by molar-refractivity contribution is 0.0619. The molecule has 0 aromatic carbocycles. The molecule has 3 heterocycles. The Hall–Kier alpha value is -1.95. The molecular weight excluding hydrogens is 254 g/mol. The predicted octanol–water partition coefficient (Wildman–Crippen LogP) is 0.930. The maximum Gasteiger partial charge on any atom is 0.257 e. The Morgan fingerprint density at radius 1 is 1.40 bits per heavy atom. The number of carbonyl (C=O) groups excluding carboxylic acids is 1. The van der Waals surface area contributed by atoms with E-state index in [0.29, 0.717) is 12.1 Å². The van der Waals surface area contributed by atoms with E-state index in [1.165, 1.54) is 0 Å². The van der Waals surface area contributed by atoms with E-state index in [9.17, 15) is 4.79 Å². The van der Waals surface area contributed by atoms with Gasteiger partial charge in [0.15, 0.2) is 0 Å². The summed E-state index contributed by atoms with van der Waals surface area (Å²) in [5, 5.41) is 4.19. The first-order chi connectivity index (χ1) is 9.63. The first-order valence-corrected chi connectivity index (χ1v) is 6.90. The molecule has 20 heavy (non-hydrogen) atoms. The van der Waals surface area contributed by atoms with Crippen LogP contribution in [0, 0.1) is 5.41 Å². The third-order valence-electron chi connectivity index (χ3n) is 4.31. The molecule has 0 saturated carbocycles. The molecule has 2 aromatic rings. The highest BCUT2D eigenvalue weighted by Crippen LogP contribution is 2.30. The maximum atomic E-state index is 12.6. The van der Waals surface area contributed by atoms with Gasteiger partial charge in [-0.25, -0.2) is 4.52 Å². The van der Waals surface area contributed by atoms with Gasteiger partial charge < -0.3 is 10.6 Å². The molecule has 6 heteroatoms. The number of aromatic nitrogens is 3. The quantitative estimate of drug-likeness (QED) is 0.883. The molecule has 1 aliphatic heterocycles. The fourth-order valence-corrected chi connectivity index (χ4v) is 2.62. The summed E-state index contributed by atoms with van der Waals surface area (Å²) in [6, 6.07) is 0. The molecule has 3 rings (SSSR count). The number of nitrogens with two attached hydrogens (primary N) is 1. The van der Waals surface area contributed by atoms with Crippen LogP contribution in [0.3, 0.4) is 0 Å². The Labute approximate surface area is 117 Å². The van der Waals surface area contributed by atoms with Crippen molar-refractivity contribution in [1.29, 1.82) is 0 Å². The zero-order valence-corrected chi connectivity index (χ0v) is 11.6. The van der Waals surface area contributed by atoms with Gasteiger partial charge in [0, 0.05) is 25.5 Å². The van der Waals surface area contributed by atoms with Crippen molar-refractivity contribution in [3.63, 3.8) is 0 Å². The molecule has 1 saturated heterocycles. The van der Waals surface area contributed by atoms with Crippen molar-refractivity contribution in [2.75, 3.05) is 19.6 Å². The van der Waals surface area contributed by atoms with Crippen LogP contribution in [0.5, 0.6) is 0 Å². The zero-order chi connectivity index (χ0) is 14.2. The van der Waals surface area contributed by atoms with Crippen LogP contribution in [0.15, 0.2) is 24.8 Å². The van der Waals surface area contributed by atoms with Crippen molar-refractivity contribution in [2.45, 2.75) is 19.8 Å². The number of rotatable bonds is 2. The third-order valence-corrected chi connectivity index (χ3v) is 4.31. The van der Waals surface area contributed by atoms with Crippen LogP contribution >= 0.6 is 0 Å². The van der Waals surface area contributed by atoms with Gasteiger partial charge in [0.05, 0.1) is 23.5 Å². The molecule has 1 fully saturated rings. The van der Waals surface area contributed by atoms with Crippen molar-refractivity contribution in [1.82, 2.24) is 19.5 Å². The minimum absolute atomic E-state index is 0.0343. The van der Waals surface area contributed by atoms with Crippen molar-refractivity contribution < 1.29 is 4.79 Å². The highest BCUT2D eigenvalue weighted by Gasteiger charge is 2.31. The van der Waals surface area contributed by atoms with Gasteiger partial charge in [-0.3, -0.25) is 9.78 Å². The second-order valence-corrected chi connectivity index (χ2v) is 5.77. The number of carbonyl (C=O) groups is 1. The Morgan fingerprint density at radius 2 is 2.15 bits per heavy atom. The summed E-state index contributed by atoms with van der Waals surface area (Å²) in [5.74, 6) is 0.0343. The normalized spacial score (nSPS) is 18.4. The van der Waals surface area contributed by atoms with Gasteiger partial charge in [-0.15, -0.1) is 0 Å². The average Bonchev–Trinajstić information content (AvgIpc) is 2.91. The summed E-state index contributed by atoms with van der Waals surface area (Å²) in [6.45, 7) is 4.37. The maximum absolute atomic E-state index is 12.6. The first-order valence-electron chi connectivity index (χ1n) is 6.90. The average molecular weight is 273 g/mol. The summed E-state index contributed by atoms with van der Waals surface area (Å²) in [6.07, 6.45) is 8.60. The van der Waals surface area contributed by atoms with Gasteiger partial charge in [0.2, 0.25) is 0 Å². The topological polar surface area (TPSA) is 76.5 Å². The fourth-order valence-electron chi connectivity index (χ4n) is 2.62. The smallest absolute Gasteiger partial charge is 0.257 e. The second kappa shape index (κ2) is 4.86. The van der Waals surface area contributed by atoms with Gasteiger partial charge in [-0.05, 0) is 24.8 Å². The molecule has 0 bridgehead atoms. The molecule has 6 nitrogen and oxygen atoms in total. The van der Waals surface area contributed by atoms with Crippen LogP contribution in [0.25, 0.3) is 5.52 Å². The molecule has 106 valence electrons. The van der Waals surface area contributed by atoms with Gasteiger partial charge in [0.25, 0.3) is 5.91 Å². The summed E-state index contributed by atoms with van der Waals surface area (Å²) in [4.78, 5) is 18.5. The third kappa shape index (κ3) is 2.16. The molecule has 1 amide bonds. The standard InChI is InChI=1S/C14H19N5O/c1-14(10-15)2-5-18(6-3-14)13(20)11-8-17-19-7-4-16-9-12(11)19/h4,7-9H,2-3,5-6,10,15H2,1H3. The molecule has 2 N–H and O–H groups in total. The van der Waals surface area contributed by atoms with E-state index in [1.807, 2.05) is 4.90 Å². The van der Waals surface area contributed by atoms with Crippen LogP contribution < -0.4 is 5.73 Å². The first kappa shape index (κ1) is 13.1. The monoisotopic (exact) mass is 273 g/mol. The molecule has 0 unspecified atom stereocenters. The number of likely N-dealkylation sites (tertiary alicyclic amines) is 1. The van der Waals surface area contributed by atoms with Crippen LogP contribution in [0.2, 0.25) is 0 Å². The van der Waals surface area contributed by atoms with Crippen LogP contribution in [-0.4, -0.2) is 45.0 Å². The minimum atomic E-state index is 0.0343. The molecule has 0 atom stereocenters. The Balaban J connectivity index is 1.80. The number of nitrogens with zero attached hydrogens (tertiary/aromatic N) is 4. The van der Waals surface area contributed by atoms with E-state index in [-0.39, 0.29) is 11.3 Å². The number of piperidine rings is 1. The van der Waals surface area contributed by atoms with E-state index < -0.39 is 0 Å². The molecule has 2 aromatic heterocycles. The van der Waals surface area contributed by atoms with Crippen molar-refractivity contribution in [3.8, 4) is 0 Å².